The van der Waals surface area contributed by atoms with E-state index in [-0.39, 0.29) is 5.82 Å². The summed E-state index contributed by atoms with van der Waals surface area (Å²) in [5.41, 5.74) is 6.69. The Hall–Kier alpha value is -1.42. The minimum Gasteiger partial charge on any atom is -0.387 e. The molecule has 120 valence electrons. The number of anilines is 1. The number of aliphatic hydroxyl groups is 2. The number of nitrogen functional groups attached to an aromatic ring is 1. The van der Waals surface area contributed by atoms with Gasteiger partial charge in [-0.2, -0.15) is 11.8 Å². The van der Waals surface area contributed by atoms with Gasteiger partial charge in [0, 0.05) is 5.75 Å². The Morgan fingerprint density at radius 1 is 1.32 bits per heavy atom. The first-order valence-corrected chi connectivity index (χ1v) is 8.31. The summed E-state index contributed by atoms with van der Waals surface area (Å²) in [5, 5.41) is 20.5. The zero-order chi connectivity index (χ0) is 15.7. The molecule has 3 rings (SSSR count). The Morgan fingerprint density at radius 2 is 2.14 bits per heavy atom. The number of ether oxygens (including phenoxy) is 1. The van der Waals surface area contributed by atoms with Crippen molar-refractivity contribution in [2.45, 2.75) is 37.9 Å². The lowest BCUT2D eigenvalue weighted by Gasteiger charge is -2.16. The summed E-state index contributed by atoms with van der Waals surface area (Å²) in [5.74, 6) is 1.89. The van der Waals surface area contributed by atoms with E-state index in [0.717, 1.165) is 12.2 Å². The molecular formula is C13H19N5O3S. The Balaban J connectivity index is 1.83. The van der Waals surface area contributed by atoms with E-state index < -0.39 is 24.5 Å². The molecule has 0 spiro atoms. The van der Waals surface area contributed by atoms with Gasteiger partial charge in [0.1, 0.15) is 24.1 Å². The van der Waals surface area contributed by atoms with Crippen LogP contribution < -0.4 is 5.73 Å². The van der Waals surface area contributed by atoms with Crippen molar-refractivity contribution in [3.63, 3.8) is 0 Å². The summed E-state index contributed by atoms with van der Waals surface area (Å²) in [6.45, 7) is 2.10. The number of imidazole rings is 1. The van der Waals surface area contributed by atoms with Crippen molar-refractivity contribution < 1.29 is 14.9 Å². The van der Waals surface area contributed by atoms with Crippen molar-refractivity contribution in [2.24, 2.45) is 0 Å². The van der Waals surface area contributed by atoms with Crippen molar-refractivity contribution in [1.82, 2.24) is 19.5 Å². The van der Waals surface area contributed by atoms with Gasteiger partial charge in [0.15, 0.2) is 17.7 Å². The van der Waals surface area contributed by atoms with E-state index in [0.29, 0.717) is 16.9 Å². The van der Waals surface area contributed by atoms with Gasteiger partial charge >= 0.3 is 0 Å². The Labute approximate surface area is 131 Å². The van der Waals surface area contributed by atoms with E-state index in [2.05, 4.69) is 21.9 Å². The number of hydrogen-bond donors (Lipinski definition) is 3. The molecule has 1 aliphatic heterocycles. The first-order valence-electron chi connectivity index (χ1n) is 7.15. The van der Waals surface area contributed by atoms with Crippen molar-refractivity contribution in [1.29, 1.82) is 0 Å². The SMILES string of the molecule is CCCSC[C@H]1O[C@@H](n2cnc3c(N)ncnc32)C(O)C1O. The van der Waals surface area contributed by atoms with Gasteiger partial charge in [-0.25, -0.2) is 15.0 Å². The van der Waals surface area contributed by atoms with Gasteiger partial charge in [0.2, 0.25) is 0 Å². The standard InChI is InChI=1S/C13H19N5O3S/c1-2-3-22-4-7-9(19)10(20)13(21-7)18-6-17-8-11(14)15-5-16-12(8)18/h5-7,9-10,13,19-20H,2-4H2,1H3,(H2,14,15,16)/t7-,9?,10?,13-/m1/s1. The van der Waals surface area contributed by atoms with E-state index in [4.69, 9.17) is 10.5 Å². The molecule has 4 atom stereocenters. The van der Waals surface area contributed by atoms with Crippen LogP contribution in [0.25, 0.3) is 11.2 Å². The number of aromatic nitrogens is 4. The number of hydrogen-bond acceptors (Lipinski definition) is 8. The predicted molar refractivity (Wildman–Crippen MR) is 83.3 cm³/mol. The summed E-state index contributed by atoms with van der Waals surface area (Å²) in [6.07, 6.45) is 0.753. The average molecular weight is 325 g/mol. The van der Waals surface area contributed by atoms with Crippen molar-refractivity contribution >= 4 is 28.7 Å². The predicted octanol–water partition coefficient (Wildman–Crippen LogP) is 0.171. The van der Waals surface area contributed by atoms with Crippen LogP contribution in [0.4, 0.5) is 5.82 Å². The van der Waals surface area contributed by atoms with Crippen LogP contribution in [-0.2, 0) is 4.74 Å². The molecule has 0 amide bonds. The van der Waals surface area contributed by atoms with Crippen LogP contribution in [0.1, 0.15) is 19.6 Å². The molecule has 4 N–H and O–H groups in total. The van der Waals surface area contributed by atoms with Gasteiger partial charge < -0.3 is 20.7 Å². The highest BCUT2D eigenvalue weighted by Gasteiger charge is 2.44. The van der Waals surface area contributed by atoms with E-state index in [1.165, 1.54) is 12.7 Å². The van der Waals surface area contributed by atoms with Gasteiger partial charge in [0.25, 0.3) is 0 Å². The van der Waals surface area contributed by atoms with E-state index in [9.17, 15) is 10.2 Å². The fourth-order valence-corrected chi connectivity index (χ4v) is 3.46. The van der Waals surface area contributed by atoms with Crippen LogP contribution in [0.5, 0.6) is 0 Å². The van der Waals surface area contributed by atoms with Gasteiger partial charge in [-0.05, 0) is 12.2 Å². The normalized spacial score (nSPS) is 28.5. The third kappa shape index (κ3) is 2.65. The number of nitrogens with two attached hydrogens (primary N) is 1. The van der Waals surface area contributed by atoms with Crippen LogP contribution >= 0.6 is 11.8 Å². The smallest absolute Gasteiger partial charge is 0.167 e. The van der Waals surface area contributed by atoms with Crippen LogP contribution in [0.15, 0.2) is 12.7 Å². The largest absolute Gasteiger partial charge is 0.387 e. The molecule has 0 saturated carbocycles. The first-order chi connectivity index (χ1) is 10.6. The van der Waals surface area contributed by atoms with E-state index >= 15 is 0 Å². The second kappa shape index (κ2) is 6.37. The molecular weight excluding hydrogens is 306 g/mol. The summed E-state index contributed by atoms with van der Waals surface area (Å²) in [7, 11) is 0. The minimum atomic E-state index is -1.04. The maximum absolute atomic E-state index is 10.3. The molecule has 1 aliphatic rings. The van der Waals surface area contributed by atoms with E-state index in [1.807, 2.05) is 0 Å². The zero-order valence-electron chi connectivity index (χ0n) is 12.2. The van der Waals surface area contributed by atoms with Gasteiger partial charge in [-0.3, -0.25) is 4.57 Å². The molecule has 0 aromatic carbocycles. The molecule has 1 fully saturated rings. The Kier molecular flexibility index (Phi) is 4.48. The number of rotatable bonds is 5. The lowest BCUT2D eigenvalue weighted by molar-refractivity contribution is -0.0289. The third-order valence-electron chi connectivity index (χ3n) is 3.63. The lowest BCUT2D eigenvalue weighted by atomic mass is 10.1. The molecule has 2 aromatic heterocycles. The fourth-order valence-electron chi connectivity index (χ4n) is 2.50. The minimum absolute atomic E-state index is 0.270. The van der Waals surface area contributed by atoms with E-state index in [1.54, 1.807) is 16.3 Å². The number of nitrogens with zero attached hydrogens (tertiary/aromatic N) is 4. The zero-order valence-corrected chi connectivity index (χ0v) is 13.0. The number of aliphatic hydroxyl groups excluding tert-OH is 2. The van der Waals surface area contributed by atoms with Crippen molar-refractivity contribution in [3.8, 4) is 0 Å². The number of thioether (sulfide) groups is 1. The second-order valence-electron chi connectivity index (χ2n) is 5.20. The summed E-state index contributed by atoms with van der Waals surface area (Å²) < 4.78 is 7.41. The topological polar surface area (TPSA) is 119 Å². The third-order valence-corrected chi connectivity index (χ3v) is 4.89. The van der Waals surface area contributed by atoms with Gasteiger partial charge in [-0.1, -0.05) is 6.92 Å². The van der Waals surface area contributed by atoms with Crippen molar-refractivity contribution in [2.75, 3.05) is 17.2 Å². The van der Waals surface area contributed by atoms with Crippen LogP contribution in [0, 0.1) is 0 Å². The van der Waals surface area contributed by atoms with Crippen LogP contribution in [0.2, 0.25) is 0 Å². The summed E-state index contributed by atoms with van der Waals surface area (Å²) in [4.78, 5) is 12.2. The highest BCUT2D eigenvalue weighted by molar-refractivity contribution is 7.99. The lowest BCUT2D eigenvalue weighted by Crippen LogP contribution is -2.32. The molecule has 22 heavy (non-hydrogen) atoms. The maximum Gasteiger partial charge on any atom is 0.167 e. The molecule has 0 aliphatic carbocycles. The molecule has 1 saturated heterocycles. The molecule has 8 nitrogen and oxygen atoms in total. The second-order valence-corrected chi connectivity index (χ2v) is 6.35. The summed E-state index contributed by atoms with van der Waals surface area (Å²) in [6, 6.07) is 0. The fraction of sp³-hybridized carbons (Fsp3) is 0.615. The maximum atomic E-state index is 10.3. The molecule has 0 radical (unpaired) electrons. The first kappa shape index (κ1) is 15.5. The van der Waals surface area contributed by atoms with Crippen LogP contribution in [0.3, 0.4) is 0 Å². The average Bonchev–Trinajstić information content (AvgIpc) is 3.05. The number of fused-ring (bicyclic) bond motifs is 1. The monoisotopic (exact) mass is 325 g/mol. The Bertz CT molecular complexity index is 652. The molecule has 2 unspecified atom stereocenters. The highest BCUT2D eigenvalue weighted by Crippen LogP contribution is 2.33. The molecule has 3 heterocycles. The van der Waals surface area contributed by atoms with Gasteiger partial charge in [-0.15, -0.1) is 0 Å². The van der Waals surface area contributed by atoms with Crippen LogP contribution in [-0.4, -0.2) is 59.5 Å². The van der Waals surface area contributed by atoms with Crippen molar-refractivity contribution in [3.05, 3.63) is 12.7 Å². The quantitative estimate of drug-likeness (QED) is 0.666. The molecule has 0 bridgehead atoms. The summed E-state index contributed by atoms with van der Waals surface area (Å²) >= 11 is 1.70. The van der Waals surface area contributed by atoms with Gasteiger partial charge in [0.05, 0.1) is 12.4 Å². The molecule has 9 heteroatoms. The Morgan fingerprint density at radius 3 is 2.91 bits per heavy atom. The molecule has 2 aromatic rings. The highest BCUT2D eigenvalue weighted by atomic mass is 32.2.